The first-order valence-electron chi connectivity index (χ1n) is 15.2. The molecule has 1 saturated heterocycles. The number of benzene rings is 2. The molecule has 0 spiro atoms. The first-order valence-corrected chi connectivity index (χ1v) is 15.2. The maximum atomic E-state index is 14.1. The molecular weight excluding hydrogens is 576 g/mol. The van der Waals surface area contributed by atoms with Crippen molar-refractivity contribution >= 4 is 23.7 Å². The Balaban J connectivity index is 1.37. The van der Waals surface area contributed by atoms with Gasteiger partial charge in [0, 0.05) is 18.5 Å². The van der Waals surface area contributed by atoms with E-state index in [1.165, 1.54) is 7.11 Å². The van der Waals surface area contributed by atoms with Gasteiger partial charge >= 0.3 is 5.97 Å². The molecule has 5 rings (SSSR count). The summed E-state index contributed by atoms with van der Waals surface area (Å²) in [5, 5.41) is 2.79. The highest BCUT2D eigenvalue weighted by Crippen LogP contribution is 2.32. The maximum Gasteiger partial charge on any atom is 0.337 e. The van der Waals surface area contributed by atoms with Crippen LogP contribution in [0.4, 0.5) is 0 Å². The first kappa shape index (κ1) is 31.9. The van der Waals surface area contributed by atoms with E-state index in [4.69, 9.17) is 29.4 Å². The molecule has 3 aromatic rings. The van der Waals surface area contributed by atoms with Crippen LogP contribution < -0.4 is 11.1 Å². The number of esters is 1. The second kappa shape index (κ2) is 14.1. The number of hydrogen-bond donors (Lipinski definition) is 2. The third kappa shape index (κ3) is 7.26. The van der Waals surface area contributed by atoms with Crippen LogP contribution in [0.1, 0.15) is 37.8 Å². The molecule has 238 valence electrons. The minimum absolute atomic E-state index is 0.0278. The lowest BCUT2D eigenvalue weighted by atomic mass is 9.91. The number of rotatable bonds is 12. The number of amides is 2. The third-order valence-electron chi connectivity index (χ3n) is 8.20. The lowest BCUT2D eigenvalue weighted by molar-refractivity contribution is -0.147. The van der Waals surface area contributed by atoms with E-state index in [0.717, 1.165) is 16.7 Å². The van der Waals surface area contributed by atoms with Crippen LogP contribution >= 0.6 is 0 Å². The van der Waals surface area contributed by atoms with E-state index >= 15 is 0 Å². The van der Waals surface area contributed by atoms with Crippen LogP contribution in [-0.2, 0) is 41.6 Å². The summed E-state index contributed by atoms with van der Waals surface area (Å²) in [4.78, 5) is 46.5. The smallest absolute Gasteiger partial charge is 0.337 e. The number of carbonyl (C=O) groups excluding carboxylic acids is 3. The highest BCUT2D eigenvalue weighted by atomic mass is 16.5. The fraction of sp³-hybridized carbons (Fsp3) is 0.412. The summed E-state index contributed by atoms with van der Waals surface area (Å²) in [6.07, 6.45) is 2.46. The number of furan rings is 1. The van der Waals surface area contributed by atoms with E-state index in [0.29, 0.717) is 31.0 Å². The van der Waals surface area contributed by atoms with Gasteiger partial charge in [-0.2, -0.15) is 0 Å². The van der Waals surface area contributed by atoms with E-state index in [9.17, 15) is 14.4 Å². The van der Waals surface area contributed by atoms with Gasteiger partial charge in [0.15, 0.2) is 5.54 Å². The van der Waals surface area contributed by atoms with Crippen LogP contribution in [0.15, 0.2) is 82.4 Å². The topological polar surface area (TPSA) is 146 Å². The molecule has 2 aromatic carbocycles. The predicted octanol–water partition coefficient (Wildman–Crippen LogP) is 3.26. The minimum atomic E-state index is -1.32. The fourth-order valence-electron chi connectivity index (χ4n) is 5.74. The standard InChI is InChI=1S/C34H40N4O7/c1-22(35)30(39)36-29(23(2)44-20-24-10-5-4-6-11-24)32(40)38-16-8-14-27(38)31-37-34(21-45-31,33(41)42-3)19-25-12-7-13-26(18-25)28-15-9-17-43-28/h4-7,9-13,15,17-18,22-23,27,29H,8,14,16,19-21,35H2,1-3H3,(H,36,39)/t22-,23?,27?,29-,34+/m0/s1. The van der Waals surface area contributed by atoms with Crippen LogP contribution in [0.25, 0.3) is 11.3 Å². The number of nitrogens with zero attached hydrogens (tertiary/aromatic N) is 2. The van der Waals surface area contributed by atoms with E-state index < -0.39 is 41.6 Å². The Kier molecular flexibility index (Phi) is 9.99. The van der Waals surface area contributed by atoms with Gasteiger partial charge in [-0.25, -0.2) is 9.79 Å². The number of nitrogens with two attached hydrogens (primary N) is 1. The van der Waals surface area contributed by atoms with Crippen molar-refractivity contribution in [3.8, 4) is 11.3 Å². The van der Waals surface area contributed by atoms with E-state index in [1.807, 2.05) is 66.7 Å². The Morgan fingerprint density at radius 1 is 1.09 bits per heavy atom. The molecule has 45 heavy (non-hydrogen) atoms. The molecule has 2 aliphatic rings. The molecule has 11 nitrogen and oxygen atoms in total. The van der Waals surface area contributed by atoms with Gasteiger partial charge in [0.25, 0.3) is 0 Å². The summed E-state index contributed by atoms with van der Waals surface area (Å²) in [5.74, 6) is -0.316. The summed E-state index contributed by atoms with van der Waals surface area (Å²) >= 11 is 0. The molecule has 0 saturated carbocycles. The Morgan fingerprint density at radius 3 is 2.58 bits per heavy atom. The minimum Gasteiger partial charge on any atom is -0.476 e. The summed E-state index contributed by atoms with van der Waals surface area (Å²) in [6, 6.07) is 18.6. The van der Waals surface area contributed by atoms with Gasteiger partial charge in [0.05, 0.1) is 32.1 Å². The number of methoxy groups -OCH3 is 1. The van der Waals surface area contributed by atoms with Gasteiger partial charge in [-0.05, 0) is 56.0 Å². The Bertz CT molecular complexity index is 1510. The van der Waals surface area contributed by atoms with Crippen molar-refractivity contribution < 1.29 is 33.0 Å². The van der Waals surface area contributed by atoms with E-state index in [1.54, 1.807) is 25.0 Å². The molecule has 11 heteroatoms. The summed E-state index contributed by atoms with van der Waals surface area (Å²) in [6.45, 7) is 3.98. The normalized spacial score (nSPS) is 21.4. The quantitative estimate of drug-likeness (QED) is 0.295. The van der Waals surface area contributed by atoms with Crippen molar-refractivity contribution in [1.29, 1.82) is 0 Å². The molecular formula is C34H40N4O7. The van der Waals surface area contributed by atoms with E-state index in [-0.39, 0.29) is 25.5 Å². The Labute approximate surface area is 262 Å². The van der Waals surface area contributed by atoms with Crippen LogP contribution in [-0.4, -0.2) is 78.6 Å². The largest absolute Gasteiger partial charge is 0.476 e. The summed E-state index contributed by atoms with van der Waals surface area (Å²) in [7, 11) is 1.32. The number of carbonyl (C=O) groups is 3. The van der Waals surface area contributed by atoms with Gasteiger partial charge in [-0.1, -0.05) is 48.5 Å². The fourth-order valence-corrected chi connectivity index (χ4v) is 5.74. The van der Waals surface area contributed by atoms with Crippen molar-refractivity contribution in [1.82, 2.24) is 10.2 Å². The molecule has 5 atom stereocenters. The highest BCUT2D eigenvalue weighted by Gasteiger charge is 2.49. The zero-order valence-corrected chi connectivity index (χ0v) is 25.8. The van der Waals surface area contributed by atoms with Gasteiger partial charge in [-0.15, -0.1) is 0 Å². The van der Waals surface area contributed by atoms with Gasteiger partial charge in [0.2, 0.25) is 17.7 Å². The lowest BCUT2D eigenvalue weighted by Crippen LogP contribution is -2.58. The summed E-state index contributed by atoms with van der Waals surface area (Å²) < 4.78 is 22.9. The van der Waals surface area contributed by atoms with Gasteiger partial charge in [0.1, 0.15) is 24.5 Å². The SMILES string of the molecule is COC(=O)[C@@]1(Cc2cccc(-c3ccco3)c2)COC(C2CCCN2C(=O)[C@@H](NC(=O)[C@H](C)N)C(C)OCc2ccccc2)=N1. The molecule has 3 heterocycles. The summed E-state index contributed by atoms with van der Waals surface area (Å²) in [5.41, 5.74) is 7.18. The number of aliphatic imine (C=N–C) groups is 1. The molecule has 0 radical (unpaired) electrons. The molecule has 2 unspecified atom stereocenters. The zero-order chi connectivity index (χ0) is 32.0. The van der Waals surface area contributed by atoms with Gasteiger partial charge < -0.3 is 34.6 Å². The number of likely N-dealkylation sites (tertiary alicyclic amines) is 1. The maximum absolute atomic E-state index is 14.1. The van der Waals surface area contributed by atoms with Crippen LogP contribution in [0.3, 0.4) is 0 Å². The zero-order valence-electron chi connectivity index (χ0n) is 25.8. The molecule has 1 aromatic heterocycles. The first-order chi connectivity index (χ1) is 21.7. The van der Waals surface area contributed by atoms with Crippen LogP contribution in [0.2, 0.25) is 0 Å². The predicted molar refractivity (Wildman–Crippen MR) is 167 cm³/mol. The molecule has 3 N–H and O–H groups in total. The Hall–Kier alpha value is -4.48. The second-order valence-corrected chi connectivity index (χ2v) is 11.6. The molecule has 2 amide bonds. The number of ether oxygens (including phenoxy) is 3. The molecule has 1 fully saturated rings. The van der Waals surface area contributed by atoms with Crippen molar-refractivity contribution in [3.63, 3.8) is 0 Å². The lowest BCUT2D eigenvalue weighted by Gasteiger charge is -2.32. The van der Waals surface area contributed by atoms with Crippen LogP contribution in [0.5, 0.6) is 0 Å². The van der Waals surface area contributed by atoms with Crippen molar-refractivity contribution in [2.75, 3.05) is 20.3 Å². The van der Waals surface area contributed by atoms with E-state index in [2.05, 4.69) is 5.32 Å². The van der Waals surface area contributed by atoms with Crippen molar-refractivity contribution in [2.24, 2.45) is 10.7 Å². The van der Waals surface area contributed by atoms with Gasteiger partial charge in [-0.3, -0.25) is 9.59 Å². The van der Waals surface area contributed by atoms with Crippen LogP contribution in [0, 0.1) is 0 Å². The number of hydrogen-bond acceptors (Lipinski definition) is 9. The molecule has 0 bridgehead atoms. The van der Waals surface area contributed by atoms with Crippen molar-refractivity contribution in [2.45, 2.75) is 69.5 Å². The second-order valence-electron chi connectivity index (χ2n) is 11.6. The third-order valence-corrected chi connectivity index (χ3v) is 8.20. The highest BCUT2D eigenvalue weighted by molar-refractivity contribution is 5.96. The average molecular weight is 617 g/mol. The molecule has 0 aliphatic carbocycles. The van der Waals surface area contributed by atoms with Crippen molar-refractivity contribution in [3.05, 3.63) is 84.1 Å². The molecule has 2 aliphatic heterocycles. The average Bonchev–Trinajstić information content (AvgIpc) is 3.84. The Morgan fingerprint density at radius 2 is 1.87 bits per heavy atom. The number of nitrogens with one attached hydrogen (secondary N) is 1. The monoisotopic (exact) mass is 616 g/mol.